The highest BCUT2D eigenvalue weighted by Gasteiger charge is 2.57. The summed E-state index contributed by atoms with van der Waals surface area (Å²) in [6, 6.07) is 0. The van der Waals surface area contributed by atoms with Gasteiger partial charge in [-0.25, -0.2) is 4.98 Å². The molecule has 1 aromatic heterocycles. The van der Waals surface area contributed by atoms with Gasteiger partial charge in [0, 0.05) is 18.0 Å². The van der Waals surface area contributed by atoms with Crippen LogP contribution >= 0.6 is 11.3 Å². The van der Waals surface area contributed by atoms with Gasteiger partial charge < -0.3 is 5.11 Å². The Labute approximate surface area is 92.2 Å². The summed E-state index contributed by atoms with van der Waals surface area (Å²) in [6.07, 6.45) is 5.38. The van der Waals surface area contributed by atoms with E-state index in [4.69, 9.17) is 0 Å². The maximum atomic E-state index is 11.4. The number of carboxylic acids is 1. The number of nitrogens with zero attached hydrogens (tertiary/aromatic N) is 1. The highest BCUT2D eigenvalue weighted by Crippen LogP contribution is 2.60. The molecule has 0 aromatic carbocycles. The molecule has 2 fully saturated rings. The molecule has 0 amide bonds. The molecule has 1 N–H and O–H groups in total. The molecule has 0 radical (unpaired) electrons. The second kappa shape index (κ2) is 3.04. The van der Waals surface area contributed by atoms with Crippen LogP contribution in [0.25, 0.3) is 0 Å². The quantitative estimate of drug-likeness (QED) is 0.854. The lowest BCUT2D eigenvalue weighted by molar-refractivity contribution is -0.149. The van der Waals surface area contributed by atoms with Crippen molar-refractivity contribution in [3.63, 3.8) is 0 Å². The first-order valence-electron chi connectivity index (χ1n) is 5.31. The van der Waals surface area contributed by atoms with Crippen LogP contribution in [0.2, 0.25) is 0 Å². The number of rotatable bonds is 3. The maximum absolute atomic E-state index is 11.4. The van der Waals surface area contributed by atoms with Gasteiger partial charge in [-0.15, -0.1) is 11.3 Å². The van der Waals surface area contributed by atoms with Crippen molar-refractivity contribution in [3.05, 3.63) is 16.6 Å². The Hall–Kier alpha value is -0.900. The largest absolute Gasteiger partial charge is 0.481 e. The molecule has 1 aromatic rings. The van der Waals surface area contributed by atoms with Gasteiger partial charge in [-0.1, -0.05) is 0 Å². The van der Waals surface area contributed by atoms with E-state index >= 15 is 0 Å². The summed E-state index contributed by atoms with van der Waals surface area (Å²) in [5, 5.41) is 12.3. The van der Waals surface area contributed by atoms with Crippen molar-refractivity contribution in [2.45, 2.75) is 25.7 Å². The molecule has 2 aliphatic carbocycles. The first-order valence-corrected chi connectivity index (χ1v) is 6.19. The van der Waals surface area contributed by atoms with Gasteiger partial charge >= 0.3 is 5.97 Å². The first-order chi connectivity index (χ1) is 7.20. The van der Waals surface area contributed by atoms with Crippen molar-refractivity contribution in [2.75, 3.05) is 0 Å². The fraction of sp³-hybridized carbons (Fsp3) is 0.636. The lowest BCUT2D eigenvalue weighted by Crippen LogP contribution is -2.31. The van der Waals surface area contributed by atoms with Crippen LogP contribution in [0.3, 0.4) is 0 Å². The molecule has 3 rings (SSSR count). The number of hydrogen-bond donors (Lipinski definition) is 1. The van der Waals surface area contributed by atoms with Crippen molar-refractivity contribution in [1.29, 1.82) is 0 Å². The molecule has 2 atom stereocenters. The molecule has 2 unspecified atom stereocenters. The number of aromatic nitrogens is 1. The summed E-state index contributed by atoms with van der Waals surface area (Å²) in [7, 11) is 0. The first kappa shape index (κ1) is 9.33. The fourth-order valence-electron chi connectivity index (χ4n) is 2.92. The summed E-state index contributed by atoms with van der Waals surface area (Å²) in [5.74, 6) is 0.770. The van der Waals surface area contributed by atoms with Crippen LogP contribution in [0, 0.1) is 17.3 Å². The predicted molar refractivity (Wildman–Crippen MR) is 56.7 cm³/mol. The summed E-state index contributed by atoms with van der Waals surface area (Å²) in [6.45, 7) is 0. The second-order valence-electron chi connectivity index (χ2n) is 4.85. The third-order valence-electron chi connectivity index (χ3n) is 3.80. The highest BCUT2D eigenvalue weighted by atomic mass is 32.1. The van der Waals surface area contributed by atoms with Crippen LogP contribution in [0.4, 0.5) is 0 Å². The number of carbonyl (C=O) groups is 1. The highest BCUT2D eigenvalue weighted by molar-refractivity contribution is 7.09. The standard InChI is InChI=1S/C11H13NO2S/c13-10(14)11(4-7-3-8(7)5-11)6-9-12-1-2-15-9/h1-2,7-8H,3-6H2,(H,13,14). The third-order valence-corrected chi connectivity index (χ3v) is 4.58. The number of aliphatic carboxylic acids is 1. The molecular formula is C11H13NO2S. The van der Waals surface area contributed by atoms with E-state index in [1.54, 1.807) is 17.5 Å². The average molecular weight is 223 g/mol. The molecule has 15 heavy (non-hydrogen) atoms. The maximum Gasteiger partial charge on any atom is 0.310 e. The molecule has 0 bridgehead atoms. The van der Waals surface area contributed by atoms with Crippen LogP contribution in [0.15, 0.2) is 11.6 Å². The zero-order valence-electron chi connectivity index (χ0n) is 8.35. The molecule has 0 spiro atoms. The van der Waals surface area contributed by atoms with Crippen LogP contribution < -0.4 is 0 Å². The second-order valence-corrected chi connectivity index (χ2v) is 5.83. The van der Waals surface area contributed by atoms with Crippen molar-refractivity contribution in [3.8, 4) is 0 Å². The third kappa shape index (κ3) is 1.47. The Bertz CT molecular complexity index is 377. The SMILES string of the molecule is O=C(O)C1(Cc2nccs2)CC2CC2C1. The van der Waals surface area contributed by atoms with E-state index in [0.29, 0.717) is 18.3 Å². The Morgan fingerprint density at radius 2 is 2.33 bits per heavy atom. The fourth-order valence-corrected chi connectivity index (χ4v) is 3.68. The molecule has 0 saturated heterocycles. The Kier molecular flexibility index (Phi) is 1.89. The van der Waals surface area contributed by atoms with Crippen LogP contribution in [-0.2, 0) is 11.2 Å². The van der Waals surface area contributed by atoms with Crippen LogP contribution in [0.1, 0.15) is 24.3 Å². The molecule has 80 valence electrons. The zero-order valence-corrected chi connectivity index (χ0v) is 9.17. The lowest BCUT2D eigenvalue weighted by atomic mass is 9.80. The minimum absolute atomic E-state index is 0.495. The van der Waals surface area contributed by atoms with E-state index in [1.165, 1.54) is 6.42 Å². The molecule has 0 aliphatic heterocycles. The van der Waals surface area contributed by atoms with Crippen molar-refractivity contribution in [1.82, 2.24) is 4.98 Å². The smallest absolute Gasteiger partial charge is 0.310 e. The zero-order chi connectivity index (χ0) is 10.5. The Morgan fingerprint density at radius 3 is 2.87 bits per heavy atom. The molecular weight excluding hydrogens is 210 g/mol. The van der Waals surface area contributed by atoms with E-state index in [-0.39, 0.29) is 0 Å². The Balaban J connectivity index is 1.82. The minimum atomic E-state index is -0.620. The summed E-state index contributed by atoms with van der Waals surface area (Å²) >= 11 is 1.57. The minimum Gasteiger partial charge on any atom is -0.481 e. The van der Waals surface area contributed by atoms with E-state index < -0.39 is 11.4 Å². The number of carboxylic acid groups (broad SMARTS) is 1. The number of fused-ring (bicyclic) bond motifs is 1. The topological polar surface area (TPSA) is 50.2 Å². The lowest BCUT2D eigenvalue weighted by Gasteiger charge is -2.24. The van der Waals surface area contributed by atoms with E-state index in [2.05, 4.69) is 4.98 Å². The van der Waals surface area contributed by atoms with Gasteiger partial charge in [-0.05, 0) is 31.1 Å². The average Bonchev–Trinajstić information content (AvgIpc) is 2.68. The van der Waals surface area contributed by atoms with Gasteiger partial charge in [0.15, 0.2) is 0 Å². The van der Waals surface area contributed by atoms with Crippen molar-refractivity contribution in [2.24, 2.45) is 17.3 Å². The van der Waals surface area contributed by atoms with Gasteiger partial charge in [-0.2, -0.15) is 0 Å². The van der Waals surface area contributed by atoms with Gasteiger partial charge in [-0.3, -0.25) is 4.79 Å². The van der Waals surface area contributed by atoms with Crippen molar-refractivity contribution < 1.29 is 9.90 Å². The predicted octanol–water partition coefficient (Wildman–Crippen LogP) is 2.19. The van der Waals surface area contributed by atoms with E-state index in [1.807, 2.05) is 5.38 Å². The van der Waals surface area contributed by atoms with E-state index in [0.717, 1.165) is 17.8 Å². The molecule has 3 nitrogen and oxygen atoms in total. The van der Waals surface area contributed by atoms with Crippen molar-refractivity contribution >= 4 is 17.3 Å². The number of thiazole rings is 1. The number of hydrogen-bond acceptors (Lipinski definition) is 3. The molecule has 2 aliphatic rings. The van der Waals surface area contributed by atoms with E-state index in [9.17, 15) is 9.90 Å². The molecule has 1 heterocycles. The van der Waals surface area contributed by atoms with Gasteiger partial charge in [0.1, 0.15) is 0 Å². The van der Waals surface area contributed by atoms with Gasteiger partial charge in [0.25, 0.3) is 0 Å². The normalized spacial score (nSPS) is 37.6. The summed E-state index contributed by atoms with van der Waals surface area (Å²) in [5.41, 5.74) is -0.495. The Morgan fingerprint density at radius 1 is 1.60 bits per heavy atom. The summed E-state index contributed by atoms with van der Waals surface area (Å²) < 4.78 is 0. The van der Waals surface area contributed by atoms with Crippen LogP contribution in [-0.4, -0.2) is 16.1 Å². The van der Waals surface area contributed by atoms with Crippen LogP contribution in [0.5, 0.6) is 0 Å². The van der Waals surface area contributed by atoms with Gasteiger partial charge in [0.05, 0.1) is 10.4 Å². The monoisotopic (exact) mass is 223 g/mol. The summed E-state index contributed by atoms with van der Waals surface area (Å²) in [4.78, 5) is 15.6. The van der Waals surface area contributed by atoms with Gasteiger partial charge in [0.2, 0.25) is 0 Å². The molecule has 4 heteroatoms. The molecule has 2 saturated carbocycles.